The minimum Gasteiger partial charge on any atom is -0.481 e. The number of carbonyl (C=O) groups is 2. The van der Waals surface area contributed by atoms with Crippen LogP contribution in [0.1, 0.15) is 97.3 Å². The molecule has 1 N–H and O–H groups in total. The summed E-state index contributed by atoms with van der Waals surface area (Å²) in [5, 5.41) is 8.77. The molecule has 0 spiro atoms. The summed E-state index contributed by atoms with van der Waals surface area (Å²) in [4.78, 5) is 22.7. The Morgan fingerprint density at radius 1 is 0.719 bits per heavy atom. The monoisotopic (exact) mass is 444 g/mol. The zero-order valence-electron chi connectivity index (χ0n) is 20.2. The maximum absolute atomic E-state index is 12.0. The molecule has 0 aromatic heterocycles. The van der Waals surface area contributed by atoms with Gasteiger partial charge in [0.1, 0.15) is 6.10 Å². The van der Waals surface area contributed by atoms with Crippen LogP contribution in [0, 0.1) is 0 Å². The van der Waals surface area contributed by atoms with E-state index in [4.69, 9.17) is 9.84 Å². The molecule has 1 atom stereocenters. The summed E-state index contributed by atoms with van der Waals surface area (Å²) in [6.07, 6.45) is 31.3. The standard InChI is InChI=1S/C28H44O4/c1-3-5-7-8-9-10-11-12-13-14-15-16-17-19-22-26(23-20-21-24-27(29)30)32-28(31)25-18-6-4-2/h5,7,9-10,12-13,15-16,19,22,26H,3-4,6,8,11,14,17-18,20-21,23-25H2,1-2H3,(H,29,30)/b7-5-,10-9-,13-12-,16-15-,22-19-. The van der Waals surface area contributed by atoms with Crippen LogP contribution in [0.4, 0.5) is 0 Å². The van der Waals surface area contributed by atoms with Crippen LogP contribution in [0.2, 0.25) is 0 Å². The van der Waals surface area contributed by atoms with E-state index in [1.807, 2.05) is 12.2 Å². The third kappa shape index (κ3) is 22.3. The molecule has 0 radical (unpaired) electrons. The first-order chi connectivity index (χ1) is 15.6. The largest absolute Gasteiger partial charge is 0.481 e. The number of esters is 1. The summed E-state index contributed by atoms with van der Waals surface area (Å²) in [7, 11) is 0. The summed E-state index contributed by atoms with van der Waals surface area (Å²) < 4.78 is 5.60. The van der Waals surface area contributed by atoms with Gasteiger partial charge in [0.25, 0.3) is 0 Å². The van der Waals surface area contributed by atoms with Gasteiger partial charge < -0.3 is 9.84 Å². The van der Waals surface area contributed by atoms with Crippen molar-refractivity contribution in [1.29, 1.82) is 0 Å². The minimum absolute atomic E-state index is 0.156. The number of carboxylic acid groups (broad SMARTS) is 1. The van der Waals surface area contributed by atoms with Gasteiger partial charge in [-0.3, -0.25) is 9.59 Å². The maximum Gasteiger partial charge on any atom is 0.306 e. The van der Waals surface area contributed by atoms with Crippen LogP contribution in [0.3, 0.4) is 0 Å². The number of unbranched alkanes of at least 4 members (excludes halogenated alkanes) is 3. The molecule has 0 amide bonds. The smallest absolute Gasteiger partial charge is 0.306 e. The Morgan fingerprint density at radius 3 is 1.78 bits per heavy atom. The molecule has 0 aromatic carbocycles. The number of aliphatic carboxylic acids is 1. The van der Waals surface area contributed by atoms with Crippen LogP contribution >= 0.6 is 0 Å². The summed E-state index contributed by atoms with van der Waals surface area (Å²) in [6, 6.07) is 0. The molecule has 4 nitrogen and oxygen atoms in total. The Labute approximate surface area is 195 Å². The molecule has 0 aliphatic carbocycles. The van der Waals surface area contributed by atoms with Crippen LogP contribution in [-0.4, -0.2) is 23.1 Å². The van der Waals surface area contributed by atoms with Crippen LogP contribution in [0.15, 0.2) is 60.8 Å². The lowest BCUT2D eigenvalue weighted by atomic mass is 10.1. The molecule has 180 valence electrons. The maximum atomic E-state index is 12.0. The van der Waals surface area contributed by atoms with Crippen molar-refractivity contribution in [3.63, 3.8) is 0 Å². The van der Waals surface area contributed by atoms with Gasteiger partial charge in [-0.25, -0.2) is 0 Å². The summed E-state index contributed by atoms with van der Waals surface area (Å²) in [5.74, 6) is -0.949. The van der Waals surface area contributed by atoms with Gasteiger partial charge in [0, 0.05) is 12.8 Å². The van der Waals surface area contributed by atoms with Gasteiger partial charge in [-0.1, -0.05) is 81.4 Å². The van der Waals surface area contributed by atoms with Gasteiger partial charge >= 0.3 is 11.9 Å². The Hall–Kier alpha value is -2.36. The minimum atomic E-state index is -0.784. The average molecular weight is 445 g/mol. The first kappa shape index (κ1) is 29.6. The highest BCUT2D eigenvalue weighted by molar-refractivity contribution is 5.69. The number of ether oxygens (including phenoxy) is 1. The van der Waals surface area contributed by atoms with Gasteiger partial charge in [-0.15, -0.1) is 0 Å². The molecule has 0 rings (SSSR count). The molecule has 4 heteroatoms. The Morgan fingerprint density at radius 2 is 1.25 bits per heavy atom. The van der Waals surface area contributed by atoms with E-state index in [2.05, 4.69) is 62.5 Å². The van der Waals surface area contributed by atoms with Crippen LogP contribution in [0.5, 0.6) is 0 Å². The first-order valence-electron chi connectivity index (χ1n) is 12.3. The number of hydrogen-bond acceptors (Lipinski definition) is 3. The highest BCUT2D eigenvalue weighted by Crippen LogP contribution is 2.12. The molecule has 0 saturated carbocycles. The molecule has 0 heterocycles. The van der Waals surface area contributed by atoms with E-state index in [0.717, 1.165) is 57.8 Å². The van der Waals surface area contributed by atoms with Crippen molar-refractivity contribution in [1.82, 2.24) is 0 Å². The fourth-order valence-electron chi connectivity index (χ4n) is 2.95. The number of carbonyl (C=O) groups excluding carboxylic acids is 1. The average Bonchev–Trinajstić information content (AvgIpc) is 2.76. The number of hydrogen-bond donors (Lipinski definition) is 1. The van der Waals surface area contributed by atoms with E-state index in [1.165, 1.54) is 0 Å². The zero-order valence-corrected chi connectivity index (χ0v) is 20.2. The van der Waals surface area contributed by atoms with Crippen molar-refractivity contribution < 1.29 is 19.4 Å². The molecular formula is C28H44O4. The van der Waals surface area contributed by atoms with Gasteiger partial charge in [0.2, 0.25) is 0 Å². The lowest BCUT2D eigenvalue weighted by Gasteiger charge is -2.14. The summed E-state index contributed by atoms with van der Waals surface area (Å²) in [6.45, 7) is 4.24. The van der Waals surface area contributed by atoms with Gasteiger partial charge in [-0.05, 0) is 63.9 Å². The highest BCUT2D eigenvalue weighted by atomic mass is 16.5. The van der Waals surface area contributed by atoms with E-state index in [9.17, 15) is 9.59 Å². The van der Waals surface area contributed by atoms with E-state index >= 15 is 0 Å². The third-order valence-electron chi connectivity index (χ3n) is 4.74. The van der Waals surface area contributed by atoms with Crippen molar-refractivity contribution >= 4 is 11.9 Å². The Kier molecular flexibility index (Phi) is 21.6. The summed E-state index contributed by atoms with van der Waals surface area (Å²) >= 11 is 0. The van der Waals surface area contributed by atoms with Gasteiger partial charge in [0.15, 0.2) is 0 Å². The molecule has 1 unspecified atom stereocenters. The van der Waals surface area contributed by atoms with Crippen molar-refractivity contribution in [3.05, 3.63) is 60.8 Å². The fraction of sp³-hybridized carbons (Fsp3) is 0.571. The van der Waals surface area contributed by atoms with Crippen LogP contribution in [0.25, 0.3) is 0 Å². The zero-order chi connectivity index (χ0) is 23.7. The second-order valence-electron chi connectivity index (χ2n) is 7.79. The van der Waals surface area contributed by atoms with Crippen molar-refractivity contribution in [2.24, 2.45) is 0 Å². The second-order valence-corrected chi connectivity index (χ2v) is 7.79. The van der Waals surface area contributed by atoms with E-state index < -0.39 is 5.97 Å². The lowest BCUT2D eigenvalue weighted by Crippen LogP contribution is -2.16. The molecular weight excluding hydrogens is 400 g/mol. The SMILES string of the molecule is CC/C=C\C/C=C\C/C=C\C/C=C\C/C=C\C(CCCCC(=O)O)OC(=O)CCCCC. The van der Waals surface area contributed by atoms with Crippen LogP contribution < -0.4 is 0 Å². The molecule has 0 aromatic rings. The van der Waals surface area contributed by atoms with Gasteiger partial charge in [-0.2, -0.15) is 0 Å². The molecule has 0 aliphatic rings. The van der Waals surface area contributed by atoms with E-state index in [-0.39, 0.29) is 18.5 Å². The van der Waals surface area contributed by atoms with E-state index in [1.54, 1.807) is 0 Å². The van der Waals surface area contributed by atoms with Gasteiger partial charge in [0.05, 0.1) is 0 Å². The fourth-order valence-corrected chi connectivity index (χ4v) is 2.95. The summed E-state index contributed by atoms with van der Waals surface area (Å²) in [5.41, 5.74) is 0. The number of allylic oxidation sites excluding steroid dienone is 9. The predicted molar refractivity (Wildman–Crippen MR) is 135 cm³/mol. The molecule has 0 fully saturated rings. The van der Waals surface area contributed by atoms with Crippen molar-refractivity contribution in [3.8, 4) is 0 Å². The number of carboxylic acids is 1. The third-order valence-corrected chi connectivity index (χ3v) is 4.74. The Balaban J connectivity index is 4.24. The lowest BCUT2D eigenvalue weighted by molar-refractivity contribution is -0.147. The molecule has 0 aliphatic heterocycles. The topological polar surface area (TPSA) is 63.6 Å². The molecule has 0 bridgehead atoms. The molecule has 32 heavy (non-hydrogen) atoms. The second kappa shape index (κ2) is 23.3. The Bertz CT molecular complexity index is 611. The number of rotatable bonds is 20. The quantitative estimate of drug-likeness (QED) is 0.118. The van der Waals surface area contributed by atoms with Crippen molar-refractivity contribution in [2.45, 2.75) is 103 Å². The molecule has 0 saturated heterocycles. The van der Waals surface area contributed by atoms with Crippen LogP contribution in [-0.2, 0) is 14.3 Å². The van der Waals surface area contributed by atoms with Crippen molar-refractivity contribution in [2.75, 3.05) is 0 Å². The normalized spacial score (nSPS) is 13.3. The van der Waals surface area contributed by atoms with E-state index in [0.29, 0.717) is 19.3 Å². The highest BCUT2D eigenvalue weighted by Gasteiger charge is 2.11. The predicted octanol–water partition coefficient (Wildman–Crippen LogP) is 7.87. The first-order valence-corrected chi connectivity index (χ1v) is 12.3.